The summed E-state index contributed by atoms with van der Waals surface area (Å²) in [7, 11) is 0. The van der Waals surface area contributed by atoms with Gasteiger partial charge in [0.1, 0.15) is 18.9 Å². The van der Waals surface area contributed by atoms with Gasteiger partial charge < -0.3 is 10.2 Å². The topological polar surface area (TPSA) is 271 Å². The molecule has 4 aliphatic carbocycles. The Bertz CT molecular complexity index is 1070. The first-order valence-corrected chi connectivity index (χ1v) is 21.3. The van der Waals surface area contributed by atoms with Crippen molar-refractivity contribution in [2.45, 2.75) is 146 Å². The Morgan fingerprint density at radius 2 is 0.912 bits per heavy atom. The smallest absolute Gasteiger partial charge is 0.119 e. The van der Waals surface area contributed by atoms with E-state index in [4.69, 9.17) is 41.5 Å². The molecule has 0 bridgehead atoms. The van der Waals surface area contributed by atoms with Crippen molar-refractivity contribution in [3.8, 4) is 0 Å². The summed E-state index contributed by atoms with van der Waals surface area (Å²) in [4.78, 5) is 19.7. The number of aliphatic hydroxyl groups excluding tert-OH is 2. The lowest BCUT2D eigenvalue weighted by Gasteiger charge is -2.46. The second-order valence-electron chi connectivity index (χ2n) is 17.5. The van der Waals surface area contributed by atoms with Crippen LogP contribution in [0.1, 0.15) is 90.9 Å². The minimum absolute atomic E-state index is 0.0000924. The number of rotatable bonds is 21. The molecule has 5 fully saturated rings. The largest absolute Gasteiger partial charge is 0.395 e. The third kappa shape index (κ3) is 14.9. The molecular formula is C37H72N10O10. The van der Waals surface area contributed by atoms with Crippen LogP contribution in [0.5, 0.6) is 0 Å². The maximum Gasteiger partial charge on any atom is 0.119 e. The minimum Gasteiger partial charge on any atom is -0.395 e. The number of azo groups is 2. The Labute approximate surface area is 336 Å². The second-order valence-corrected chi connectivity index (χ2v) is 17.5. The Kier molecular flexibility index (Phi) is 20.2. The molecule has 5 rings (SSSR count). The summed E-state index contributed by atoms with van der Waals surface area (Å²) in [5.74, 6) is 1.16. The van der Waals surface area contributed by atoms with Gasteiger partial charge in [-0.05, 0) is 113 Å². The molecule has 57 heavy (non-hydrogen) atoms. The van der Waals surface area contributed by atoms with Gasteiger partial charge in [-0.2, -0.15) is 20.5 Å². The minimum atomic E-state index is -0.308. The zero-order valence-electron chi connectivity index (χ0n) is 33.9. The van der Waals surface area contributed by atoms with Gasteiger partial charge in [-0.1, -0.05) is 13.8 Å². The molecule has 5 aliphatic rings. The highest BCUT2D eigenvalue weighted by atomic mass is 17.1. The van der Waals surface area contributed by atoms with Gasteiger partial charge in [0.25, 0.3) is 0 Å². The number of aliphatic hydroxyl groups is 2. The molecule has 0 radical (unpaired) electrons. The first-order valence-electron chi connectivity index (χ1n) is 21.3. The average Bonchev–Trinajstić information content (AvgIpc) is 3.17. The Morgan fingerprint density at radius 1 is 0.526 bits per heavy atom. The van der Waals surface area contributed by atoms with Crippen LogP contribution in [0, 0.1) is 35.5 Å². The number of nitrogens with one attached hydrogen (secondary N) is 5. The van der Waals surface area contributed by atoms with Crippen molar-refractivity contribution in [3.63, 3.8) is 0 Å². The molecule has 0 aromatic heterocycles. The molecule has 1 aliphatic heterocycles. The van der Waals surface area contributed by atoms with Crippen molar-refractivity contribution in [1.82, 2.24) is 31.5 Å². The molecular weight excluding hydrogens is 744 g/mol. The number of hydrogen-bond acceptors (Lipinski definition) is 20. The van der Waals surface area contributed by atoms with E-state index in [0.29, 0.717) is 24.9 Å². The van der Waals surface area contributed by atoms with E-state index in [0.717, 1.165) is 77.0 Å². The average molecular weight is 817 g/mol. The Hall–Kier alpha value is -1.44. The summed E-state index contributed by atoms with van der Waals surface area (Å²) in [6.07, 6.45) is 9.42. The fourth-order valence-electron chi connectivity index (χ4n) is 10.1. The molecule has 1 saturated heterocycles. The van der Waals surface area contributed by atoms with Gasteiger partial charge in [-0.3, -0.25) is 52.5 Å². The zero-order chi connectivity index (χ0) is 40.6. The monoisotopic (exact) mass is 817 g/mol. The van der Waals surface area contributed by atoms with Crippen LogP contribution in [0.4, 0.5) is 0 Å². The summed E-state index contributed by atoms with van der Waals surface area (Å²) >= 11 is 0. The van der Waals surface area contributed by atoms with Crippen LogP contribution in [0.3, 0.4) is 0 Å². The molecule has 12 unspecified atom stereocenters. The fourth-order valence-corrected chi connectivity index (χ4v) is 10.1. The molecule has 330 valence electrons. The summed E-state index contributed by atoms with van der Waals surface area (Å²) in [6, 6.07) is 0.686. The highest BCUT2D eigenvalue weighted by Gasteiger charge is 2.37. The van der Waals surface area contributed by atoms with Gasteiger partial charge in [0, 0.05) is 25.2 Å². The van der Waals surface area contributed by atoms with Gasteiger partial charge in [-0.25, -0.2) is 19.6 Å². The van der Waals surface area contributed by atoms with Crippen molar-refractivity contribution in [2.24, 2.45) is 56.0 Å². The fraction of sp³-hybridized carbons (Fsp3) is 1.00. The van der Waals surface area contributed by atoms with Crippen LogP contribution in [-0.4, -0.2) is 144 Å². The van der Waals surface area contributed by atoms with E-state index in [1.54, 1.807) is 0 Å². The summed E-state index contributed by atoms with van der Waals surface area (Å²) in [5.41, 5.74) is 0. The van der Waals surface area contributed by atoms with Crippen molar-refractivity contribution in [3.05, 3.63) is 0 Å². The molecule has 20 nitrogen and oxygen atoms in total. The van der Waals surface area contributed by atoms with E-state index in [1.807, 2.05) is 4.90 Å². The van der Waals surface area contributed by atoms with Gasteiger partial charge >= 0.3 is 0 Å². The normalized spacial score (nSPS) is 39.7. The highest BCUT2D eigenvalue weighted by Crippen LogP contribution is 2.35. The Morgan fingerprint density at radius 3 is 1.25 bits per heavy atom. The summed E-state index contributed by atoms with van der Waals surface area (Å²) in [6.45, 7) is 6.12. The Balaban J connectivity index is 1.14. The SMILES string of the molecule is CC1CC(NC2NC(NC3CCC(N=NC4CC(COO)CC(COO)C4)C(C)C3)NC(N(CCO)CCO)N2)CCC1N=NC1CC(COO)CC(COO)C1. The molecule has 1 heterocycles. The van der Waals surface area contributed by atoms with Crippen molar-refractivity contribution in [1.29, 1.82) is 0 Å². The van der Waals surface area contributed by atoms with Crippen LogP contribution in [0.15, 0.2) is 20.5 Å². The van der Waals surface area contributed by atoms with Crippen LogP contribution in [-0.2, 0) is 19.6 Å². The first-order chi connectivity index (χ1) is 27.7. The van der Waals surface area contributed by atoms with Gasteiger partial charge in [0.15, 0.2) is 0 Å². The second kappa shape index (κ2) is 24.7. The van der Waals surface area contributed by atoms with Gasteiger partial charge in [-0.15, -0.1) is 0 Å². The highest BCUT2D eigenvalue weighted by molar-refractivity contribution is 4.93. The van der Waals surface area contributed by atoms with Crippen LogP contribution in [0.25, 0.3) is 0 Å². The van der Waals surface area contributed by atoms with E-state index in [1.165, 1.54) is 0 Å². The van der Waals surface area contributed by atoms with E-state index < -0.39 is 0 Å². The van der Waals surface area contributed by atoms with E-state index >= 15 is 0 Å². The van der Waals surface area contributed by atoms with E-state index in [-0.39, 0.29) is 118 Å². The maximum atomic E-state index is 9.84. The molecule has 0 aromatic rings. The first kappa shape index (κ1) is 46.6. The molecule has 0 aromatic carbocycles. The molecule has 20 heteroatoms. The lowest BCUT2D eigenvalue weighted by atomic mass is 9.79. The summed E-state index contributed by atoms with van der Waals surface area (Å²) < 4.78 is 0. The standard InChI is InChI=1S/C37H72N10O10/c1-23-11-29(3-5-33(23)45-43-31-15-25(19-54-50)13-26(16-31)20-55-51)38-35-40-36(42-37(41-35)47(7-9-48)8-10-49)39-30-4-6-34(24(2)12-30)46-44-32-17-27(21-56-52)14-28(18-32)22-57-53/h23-42,48-53H,3-22H2,1-2H3. The lowest BCUT2D eigenvalue weighted by molar-refractivity contribution is -0.263. The maximum absolute atomic E-state index is 9.84. The van der Waals surface area contributed by atoms with E-state index in [2.05, 4.69) is 60.0 Å². The van der Waals surface area contributed by atoms with Gasteiger partial charge in [0.2, 0.25) is 0 Å². The van der Waals surface area contributed by atoms with Gasteiger partial charge in [0.05, 0.1) is 63.8 Å². The van der Waals surface area contributed by atoms with Crippen molar-refractivity contribution in [2.75, 3.05) is 52.7 Å². The third-order valence-corrected chi connectivity index (χ3v) is 12.9. The molecule has 4 saturated carbocycles. The van der Waals surface area contributed by atoms with Crippen molar-refractivity contribution >= 4 is 0 Å². The van der Waals surface area contributed by atoms with Crippen LogP contribution >= 0.6 is 0 Å². The predicted molar refractivity (Wildman–Crippen MR) is 207 cm³/mol. The third-order valence-electron chi connectivity index (χ3n) is 12.9. The molecule has 11 N–H and O–H groups in total. The molecule has 0 amide bonds. The van der Waals surface area contributed by atoms with Crippen LogP contribution in [0.2, 0.25) is 0 Å². The van der Waals surface area contributed by atoms with Crippen LogP contribution < -0.4 is 26.6 Å². The lowest BCUT2D eigenvalue weighted by Crippen LogP contribution is -2.79. The molecule has 0 spiro atoms. The van der Waals surface area contributed by atoms with E-state index in [9.17, 15) is 10.2 Å². The number of hydrogen-bond donors (Lipinski definition) is 11. The summed E-state index contributed by atoms with van der Waals surface area (Å²) in [5, 5.41) is 93.4. The van der Waals surface area contributed by atoms with Crippen molar-refractivity contribution < 1.29 is 50.8 Å². The molecule has 12 atom stereocenters. The predicted octanol–water partition coefficient (Wildman–Crippen LogP) is 2.63. The number of nitrogens with zero attached hydrogens (tertiary/aromatic N) is 5. The zero-order valence-corrected chi connectivity index (χ0v) is 33.9. The quantitative estimate of drug-likeness (QED) is 0.0452.